The van der Waals surface area contributed by atoms with Crippen molar-refractivity contribution in [3.8, 4) is 5.75 Å². The van der Waals surface area contributed by atoms with E-state index < -0.39 is 0 Å². The lowest BCUT2D eigenvalue weighted by Crippen LogP contribution is -1.97. The molecule has 0 aliphatic carbocycles. The van der Waals surface area contributed by atoms with Gasteiger partial charge in [-0.1, -0.05) is 41.4 Å². The lowest BCUT2D eigenvalue weighted by Gasteiger charge is -2.11. The molecule has 102 valence electrons. The molecule has 1 aromatic carbocycles. The predicted molar refractivity (Wildman–Crippen MR) is 86.5 cm³/mol. The van der Waals surface area contributed by atoms with E-state index in [0.29, 0.717) is 4.83 Å². The summed E-state index contributed by atoms with van der Waals surface area (Å²) in [6.45, 7) is 2.98. The molecule has 0 spiro atoms. The van der Waals surface area contributed by atoms with Crippen molar-refractivity contribution >= 4 is 27.3 Å². The second-order valence-electron chi connectivity index (χ2n) is 4.57. The lowest BCUT2D eigenvalue weighted by molar-refractivity contribution is 0.309. The van der Waals surface area contributed by atoms with Crippen LogP contribution in [0.5, 0.6) is 5.75 Å². The maximum absolute atomic E-state index is 5.67. The quantitative estimate of drug-likeness (QED) is 0.471. The Kier molecular flexibility index (Phi) is 5.93. The Balaban J connectivity index is 1.90. The summed E-state index contributed by atoms with van der Waals surface area (Å²) in [5.74, 6) is 0.965. The molecular formula is C16H19BrOS. The number of hydrogen-bond acceptors (Lipinski definition) is 2. The molecule has 0 aliphatic rings. The van der Waals surface area contributed by atoms with Gasteiger partial charge in [-0.3, -0.25) is 0 Å². The molecule has 1 heterocycles. The van der Waals surface area contributed by atoms with E-state index in [9.17, 15) is 0 Å². The summed E-state index contributed by atoms with van der Waals surface area (Å²) in [6, 6.07) is 10.6. The van der Waals surface area contributed by atoms with Gasteiger partial charge < -0.3 is 4.74 Å². The standard InChI is InChI=1S/C16H19BrOS/c1-2-3-9-18-15-6-4-14(5-7-15)16(17)11-13-8-10-19-12-13/h4-8,10,12,16H,2-3,9,11H2,1H3. The minimum Gasteiger partial charge on any atom is -0.494 e. The molecule has 0 fully saturated rings. The number of benzene rings is 1. The van der Waals surface area contributed by atoms with Gasteiger partial charge in [-0.05, 0) is 52.9 Å². The topological polar surface area (TPSA) is 9.23 Å². The van der Waals surface area contributed by atoms with Gasteiger partial charge in [-0.2, -0.15) is 11.3 Å². The molecule has 0 aliphatic heterocycles. The molecule has 1 nitrogen and oxygen atoms in total. The van der Waals surface area contributed by atoms with Crippen LogP contribution in [0.25, 0.3) is 0 Å². The van der Waals surface area contributed by atoms with Gasteiger partial charge in [0.2, 0.25) is 0 Å². The Morgan fingerprint density at radius 2 is 2.00 bits per heavy atom. The Morgan fingerprint density at radius 3 is 2.63 bits per heavy atom. The second-order valence-corrected chi connectivity index (χ2v) is 6.46. The van der Waals surface area contributed by atoms with Crippen molar-refractivity contribution in [2.45, 2.75) is 31.0 Å². The molecule has 1 atom stereocenters. The fourth-order valence-corrected chi connectivity index (χ4v) is 3.20. The van der Waals surface area contributed by atoms with Crippen molar-refractivity contribution in [1.82, 2.24) is 0 Å². The van der Waals surface area contributed by atoms with Gasteiger partial charge in [0.15, 0.2) is 0 Å². The summed E-state index contributed by atoms with van der Waals surface area (Å²) in [7, 11) is 0. The predicted octanol–water partition coefficient (Wildman–Crippen LogP) is 5.61. The van der Waals surface area contributed by atoms with Crippen LogP contribution in [-0.2, 0) is 6.42 Å². The summed E-state index contributed by atoms with van der Waals surface area (Å²) < 4.78 is 5.67. The van der Waals surface area contributed by atoms with E-state index in [2.05, 4.69) is 63.9 Å². The Labute approximate surface area is 127 Å². The summed E-state index contributed by atoms with van der Waals surface area (Å²) in [5, 5.41) is 4.33. The van der Waals surface area contributed by atoms with Gasteiger partial charge >= 0.3 is 0 Å². The monoisotopic (exact) mass is 338 g/mol. The number of unbranched alkanes of at least 4 members (excludes halogenated alkanes) is 1. The minimum absolute atomic E-state index is 0.367. The SMILES string of the molecule is CCCCOc1ccc(C(Br)Cc2ccsc2)cc1. The van der Waals surface area contributed by atoms with Gasteiger partial charge in [-0.15, -0.1) is 0 Å². The third-order valence-corrected chi connectivity index (χ3v) is 4.59. The second kappa shape index (κ2) is 7.71. The number of hydrogen-bond donors (Lipinski definition) is 0. The van der Waals surface area contributed by atoms with Gasteiger partial charge in [-0.25, -0.2) is 0 Å². The smallest absolute Gasteiger partial charge is 0.119 e. The van der Waals surface area contributed by atoms with Crippen molar-refractivity contribution in [3.63, 3.8) is 0 Å². The van der Waals surface area contributed by atoms with E-state index in [-0.39, 0.29) is 0 Å². The highest BCUT2D eigenvalue weighted by Crippen LogP contribution is 2.29. The number of thiophene rings is 1. The van der Waals surface area contributed by atoms with Crippen LogP contribution >= 0.6 is 27.3 Å². The van der Waals surface area contributed by atoms with Crippen LogP contribution in [0.4, 0.5) is 0 Å². The van der Waals surface area contributed by atoms with Crippen molar-refractivity contribution in [2.75, 3.05) is 6.61 Å². The molecule has 0 saturated heterocycles. The number of halogens is 1. The molecule has 0 bridgehead atoms. The molecule has 19 heavy (non-hydrogen) atoms. The third kappa shape index (κ3) is 4.66. The molecule has 0 N–H and O–H groups in total. The number of ether oxygens (including phenoxy) is 1. The zero-order valence-electron chi connectivity index (χ0n) is 11.1. The number of rotatable bonds is 7. The Morgan fingerprint density at radius 1 is 1.21 bits per heavy atom. The first kappa shape index (κ1) is 14.6. The average molecular weight is 339 g/mol. The lowest BCUT2D eigenvalue weighted by atomic mass is 10.1. The summed E-state index contributed by atoms with van der Waals surface area (Å²) in [6.07, 6.45) is 3.31. The fourth-order valence-electron chi connectivity index (χ4n) is 1.84. The highest BCUT2D eigenvalue weighted by molar-refractivity contribution is 9.09. The highest BCUT2D eigenvalue weighted by atomic mass is 79.9. The molecular weight excluding hydrogens is 320 g/mol. The first-order chi connectivity index (χ1) is 9.29. The van der Waals surface area contributed by atoms with Crippen LogP contribution in [0.1, 0.15) is 35.7 Å². The zero-order valence-corrected chi connectivity index (χ0v) is 13.5. The van der Waals surface area contributed by atoms with Crippen molar-refractivity contribution in [2.24, 2.45) is 0 Å². The first-order valence-corrected chi connectivity index (χ1v) is 8.53. The fraction of sp³-hybridized carbons (Fsp3) is 0.375. The van der Waals surface area contributed by atoms with Crippen molar-refractivity contribution < 1.29 is 4.74 Å². The Hall–Kier alpha value is -0.800. The maximum Gasteiger partial charge on any atom is 0.119 e. The first-order valence-electron chi connectivity index (χ1n) is 6.67. The van der Waals surface area contributed by atoms with Crippen LogP contribution in [-0.4, -0.2) is 6.61 Å². The molecule has 3 heteroatoms. The normalized spacial score (nSPS) is 12.3. The summed E-state index contributed by atoms with van der Waals surface area (Å²) in [4.78, 5) is 0.367. The third-order valence-electron chi connectivity index (χ3n) is 3.00. The minimum atomic E-state index is 0.367. The van der Waals surface area contributed by atoms with Crippen molar-refractivity contribution in [3.05, 3.63) is 52.2 Å². The summed E-state index contributed by atoms with van der Waals surface area (Å²) >= 11 is 5.51. The molecule has 1 aromatic heterocycles. The average Bonchev–Trinajstić information content (AvgIpc) is 2.93. The largest absolute Gasteiger partial charge is 0.494 e. The zero-order chi connectivity index (χ0) is 13.5. The van der Waals surface area contributed by atoms with Gasteiger partial charge in [0, 0.05) is 4.83 Å². The van der Waals surface area contributed by atoms with Crippen molar-refractivity contribution in [1.29, 1.82) is 0 Å². The summed E-state index contributed by atoms with van der Waals surface area (Å²) in [5.41, 5.74) is 2.68. The molecule has 2 aromatic rings. The van der Waals surface area contributed by atoms with E-state index in [4.69, 9.17) is 4.74 Å². The van der Waals surface area contributed by atoms with Crippen LogP contribution in [0.3, 0.4) is 0 Å². The number of alkyl halides is 1. The van der Waals surface area contributed by atoms with Crippen LogP contribution < -0.4 is 4.74 Å². The van der Waals surface area contributed by atoms with Crippen LogP contribution in [0, 0.1) is 0 Å². The van der Waals surface area contributed by atoms with Crippen LogP contribution in [0.2, 0.25) is 0 Å². The van der Waals surface area contributed by atoms with E-state index in [0.717, 1.165) is 25.2 Å². The molecule has 0 radical (unpaired) electrons. The van der Waals surface area contributed by atoms with Crippen LogP contribution in [0.15, 0.2) is 41.1 Å². The molecule has 0 saturated carbocycles. The maximum atomic E-state index is 5.67. The van der Waals surface area contributed by atoms with Gasteiger partial charge in [0.25, 0.3) is 0 Å². The van der Waals surface area contributed by atoms with Gasteiger partial charge in [0.1, 0.15) is 5.75 Å². The van der Waals surface area contributed by atoms with E-state index in [1.807, 2.05) is 0 Å². The molecule has 1 unspecified atom stereocenters. The Bertz CT molecular complexity index is 464. The molecule has 0 amide bonds. The van der Waals surface area contributed by atoms with Gasteiger partial charge in [0.05, 0.1) is 6.61 Å². The highest BCUT2D eigenvalue weighted by Gasteiger charge is 2.08. The van der Waals surface area contributed by atoms with E-state index >= 15 is 0 Å². The van der Waals surface area contributed by atoms with E-state index in [1.54, 1.807) is 11.3 Å². The molecule has 2 rings (SSSR count). The van der Waals surface area contributed by atoms with E-state index in [1.165, 1.54) is 17.5 Å².